The Kier molecular flexibility index (Phi) is 6.31. The van der Waals surface area contributed by atoms with Gasteiger partial charge < -0.3 is 14.5 Å². The smallest absolute Gasteiger partial charge is 0.337 e. The molecule has 156 valence electrons. The van der Waals surface area contributed by atoms with Crippen LogP contribution in [0.15, 0.2) is 45.7 Å². The highest BCUT2D eigenvalue weighted by Crippen LogP contribution is 2.38. The number of nitrogens with one attached hydrogen (secondary N) is 1. The number of halogens is 4. The Morgan fingerprint density at radius 3 is 2.47 bits per heavy atom. The second kappa shape index (κ2) is 8.74. The third-order valence-electron chi connectivity index (χ3n) is 4.35. The molecule has 0 aliphatic carbocycles. The lowest BCUT2D eigenvalue weighted by molar-refractivity contribution is 0.0600. The van der Waals surface area contributed by atoms with Crippen LogP contribution in [-0.2, 0) is 11.3 Å². The van der Waals surface area contributed by atoms with Crippen molar-refractivity contribution in [1.29, 1.82) is 0 Å². The van der Waals surface area contributed by atoms with Gasteiger partial charge in [0.1, 0.15) is 34.3 Å². The third kappa shape index (κ3) is 4.25. The zero-order valence-electron chi connectivity index (χ0n) is 15.8. The lowest BCUT2D eigenvalue weighted by Crippen LogP contribution is -2.13. The number of pyridine rings is 1. The number of aromatic nitrogens is 1. The lowest BCUT2D eigenvalue weighted by atomic mass is 10.0. The van der Waals surface area contributed by atoms with E-state index in [0.717, 1.165) is 12.1 Å². The molecule has 3 aromatic rings. The maximum absolute atomic E-state index is 14.8. The van der Waals surface area contributed by atoms with Crippen LogP contribution in [0.3, 0.4) is 0 Å². The Balaban J connectivity index is 2.08. The van der Waals surface area contributed by atoms with Gasteiger partial charge in [-0.15, -0.1) is 0 Å². The second-order valence-corrected chi connectivity index (χ2v) is 7.10. The molecule has 0 radical (unpaired) electrons. The van der Waals surface area contributed by atoms with Crippen molar-refractivity contribution >= 4 is 21.9 Å². The molecule has 0 saturated carbocycles. The normalized spacial score (nSPS) is 10.7. The fraction of sp³-hybridized carbons (Fsp3) is 0.143. The topological polar surface area (TPSA) is 68.4 Å². The second-order valence-electron chi connectivity index (χ2n) is 6.31. The van der Waals surface area contributed by atoms with Gasteiger partial charge in [-0.1, -0.05) is 6.07 Å². The van der Waals surface area contributed by atoms with Crippen molar-refractivity contribution in [2.75, 3.05) is 7.11 Å². The minimum atomic E-state index is -0.817. The molecular weight excluding hydrogens is 467 g/mol. The van der Waals surface area contributed by atoms with Gasteiger partial charge in [-0.2, -0.15) is 0 Å². The Morgan fingerprint density at radius 2 is 1.83 bits per heavy atom. The standard InChI is InChI=1S/C21H15BrF3NO4/c1-10-17(14-6-4-11(7-16(14)25)21(28)29-2)19(18(22)20(27)26-10)30-9-12-3-5-13(23)8-15(12)24/h3-8H,9H2,1-2H3,(H,26,27). The first kappa shape index (κ1) is 21.6. The van der Waals surface area contributed by atoms with Gasteiger partial charge in [-0.05, 0) is 47.1 Å². The Labute approximate surface area is 177 Å². The molecule has 0 saturated heterocycles. The number of ether oxygens (including phenoxy) is 2. The van der Waals surface area contributed by atoms with E-state index in [1.54, 1.807) is 6.92 Å². The molecule has 0 aliphatic rings. The minimum absolute atomic E-state index is 0.00995. The maximum Gasteiger partial charge on any atom is 0.337 e. The number of rotatable bonds is 5. The molecule has 1 N–H and O–H groups in total. The molecule has 1 heterocycles. The number of esters is 1. The van der Waals surface area contributed by atoms with Gasteiger partial charge in [0.2, 0.25) is 0 Å². The molecule has 0 atom stereocenters. The quantitative estimate of drug-likeness (QED) is 0.526. The molecule has 30 heavy (non-hydrogen) atoms. The zero-order valence-corrected chi connectivity index (χ0v) is 17.4. The van der Waals surface area contributed by atoms with E-state index in [-0.39, 0.29) is 39.1 Å². The van der Waals surface area contributed by atoms with Gasteiger partial charge in [0, 0.05) is 28.5 Å². The third-order valence-corrected chi connectivity index (χ3v) is 5.07. The van der Waals surface area contributed by atoms with E-state index in [4.69, 9.17) is 4.74 Å². The summed E-state index contributed by atoms with van der Waals surface area (Å²) in [7, 11) is 1.18. The summed E-state index contributed by atoms with van der Waals surface area (Å²) in [5, 5.41) is 0. The van der Waals surface area contributed by atoms with Gasteiger partial charge in [0.15, 0.2) is 0 Å². The first-order valence-electron chi connectivity index (χ1n) is 8.60. The van der Waals surface area contributed by atoms with Crippen LogP contribution in [0, 0.1) is 24.4 Å². The molecule has 0 spiro atoms. The highest BCUT2D eigenvalue weighted by molar-refractivity contribution is 9.10. The van der Waals surface area contributed by atoms with Crippen LogP contribution in [0.5, 0.6) is 5.75 Å². The molecule has 3 rings (SSSR count). The zero-order chi connectivity index (χ0) is 22.0. The highest BCUT2D eigenvalue weighted by Gasteiger charge is 2.21. The predicted molar refractivity (Wildman–Crippen MR) is 107 cm³/mol. The number of carbonyl (C=O) groups excluding carboxylic acids is 1. The van der Waals surface area contributed by atoms with E-state index < -0.39 is 29.0 Å². The molecule has 0 fully saturated rings. The van der Waals surface area contributed by atoms with E-state index in [1.165, 1.54) is 25.3 Å². The van der Waals surface area contributed by atoms with Crippen LogP contribution in [-0.4, -0.2) is 18.1 Å². The maximum atomic E-state index is 14.8. The molecule has 0 unspecified atom stereocenters. The Morgan fingerprint density at radius 1 is 1.10 bits per heavy atom. The first-order chi connectivity index (χ1) is 14.2. The van der Waals surface area contributed by atoms with Crippen LogP contribution >= 0.6 is 15.9 Å². The van der Waals surface area contributed by atoms with Crippen molar-refractivity contribution in [2.45, 2.75) is 13.5 Å². The fourth-order valence-electron chi connectivity index (χ4n) is 2.88. The molecule has 9 heteroatoms. The van der Waals surface area contributed by atoms with Crippen LogP contribution in [0.1, 0.15) is 21.6 Å². The number of methoxy groups -OCH3 is 1. The summed E-state index contributed by atoms with van der Waals surface area (Å²) in [6, 6.07) is 6.72. The Bertz CT molecular complexity index is 1190. The summed E-state index contributed by atoms with van der Waals surface area (Å²) < 4.78 is 52.1. The van der Waals surface area contributed by atoms with Gasteiger partial charge >= 0.3 is 5.97 Å². The van der Waals surface area contributed by atoms with Gasteiger partial charge in [-0.25, -0.2) is 18.0 Å². The van der Waals surface area contributed by atoms with Gasteiger partial charge in [0.25, 0.3) is 5.56 Å². The number of benzene rings is 2. The number of H-pyrrole nitrogens is 1. The summed E-state index contributed by atoms with van der Waals surface area (Å²) in [4.78, 5) is 26.4. The molecule has 0 aliphatic heterocycles. The van der Waals surface area contributed by atoms with Crippen molar-refractivity contribution in [1.82, 2.24) is 4.98 Å². The number of aromatic amines is 1. The SMILES string of the molecule is COC(=O)c1ccc(-c2c(C)[nH]c(=O)c(Br)c2OCc2ccc(F)cc2F)c(F)c1. The Hall–Kier alpha value is -3.07. The number of aryl methyl sites for hydroxylation is 1. The summed E-state index contributed by atoms with van der Waals surface area (Å²) in [6.07, 6.45) is 0. The van der Waals surface area contributed by atoms with Crippen molar-refractivity contribution in [3.63, 3.8) is 0 Å². The van der Waals surface area contributed by atoms with Crippen LogP contribution in [0.25, 0.3) is 11.1 Å². The molecule has 0 amide bonds. The van der Waals surface area contributed by atoms with E-state index in [0.29, 0.717) is 11.8 Å². The predicted octanol–water partition coefficient (Wildman–Crippen LogP) is 4.90. The monoisotopic (exact) mass is 481 g/mol. The van der Waals surface area contributed by atoms with Crippen molar-refractivity contribution < 1.29 is 27.4 Å². The van der Waals surface area contributed by atoms with Crippen LogP contribution < -0.4 is 10.3 Å². The highest BCUT2D eigenvalue weighted by atomic mass is 79.9. The van der Waals surface area contributed by atoms with E-state index >= 15 is 0 Å². The summed E-state index contributed by atoms with van der Waals surface area (Å²) >= 11 is 3.12. The number of hydrogen-bond acceptors (Lipinski definition) is 4. The number of hydrogen-bond donors (Lipinski definition) is 1. The lowest BCUT2D eigenvalue weighted by Gasteiger charge is -2.17. The molecule has 2 aromatic carbocycles. The number of carbonyl (C=O) groups is 1. The summed E-state index contributed by atoms with van der Waals surface area (Å²) in [6.45, 7) is 1.21. The fourth-order valence-corrected chi connectivity index (χ4v) is 3.29. The summed E-state index contributed by atoms with van der Waals surface area (Å²) in [5.41, 5.74) is 0.0777. The van der Waals surface area contributed by atoms with Crippen molar-refractivity contribution in [2.24, 2.45) is 0 Å². The van der Waals surface area contributed by atoms with Gasteiger partial charge in [-0.3, -0.25) is 4.79 Å². The first-order valence-corrected chi connectivity index (χ1v) is 9.39. The van der Waals surface area contributed by atoms with E-state index in [1.807, 2.05) is 0 Å². The average molecular weight is 482 g/mol. The van der Waals surface area contributed by atoms with E-state index in [2.05, 4.69) is 25.7 Å². The van der Waals surface area contributed by atoms with Gasteiger partial charge in [0.05, 0.1) is 12.7 Å². The van der Waals surface area contributed by atoms with Crippen LogP contribution in [0.2, 0.25) is 0 Å². The largest absolute Gasteiger partial charge is 0.487 e. The minimum Gasteiger partial charge on any atom is -0.487 e. The van der Waals surface area contributed by atoms with Crippen LogP contribution in [0.4, 0.5) is 13.2 Å². The van der Waals surface area contributed by atoms with Crippen molar-refractivity contribution in [3.05, 3.63) is 85.5 Å². The molecule has 0 bridgehead atoms. The van der Waals surface area contributed by atoms with E-state index in [9.17, 15) is 22.8 Å². The summed E-state index contributed by atoms with van der Waals surface area (Å²) in [5.74, 6) is -3.04. The molecular formula is C21H15BrF3NO4. The molecule has 5 nitrogen and oxygen atoms in total. The van der Waals surface area contributed by atoms with Crippen molar-refractivity contribution in [3.8, 4) is 16.9 Å². The molecule has 1 aromatic heterocycles. The average Bonchev–Trinajstić information content (AvgIpc) is 2.70.